The molecule has 1 aliphatic heterocycles. The molecule has 4 nitrogen and oxygen atoms in total. The summed E-state index contributed by atoms with van der Waals surface area (Å²) < 4.78 is 26.3. The number of carboxylic acids is 1. The van der Waals surface area contributed by atoms with Crippen molar-refractivity contribution in [1.82, 2.24) is 4.90 Å². The minimum Gasteiger partial charge on any atom is -0.481 e. The highest BCUT2D eigenvalue weighted by Gasteiger charge is 2.59. The van der Waals surface area contributed by atoms with Gasteiger partial charge in [0.05, 0.1) is 5.92 Å². The molecule has 0 aromatic carbocycles. The first-order valence-corrected chi connectivity index (χ1v) is 7.72. The number of carbonyl (C=O) groups excluding carboxylic acids is 1. The second-order valence-corrected chi connectivity index (χ2v) is 6.91. The minimum absolute atomic E-state index is 0.00660. The largest absolute Gasteiger partial charge is 0.481 e. The summed E-state index contributed by atoms with van der Waals surface area (Å²) in [4.78, 5) is 25.1. The van der Waals surface area contributed by atoms with E-state index in [1.807, 2.05) is 0 Å². The maximum Gasteiger partial charge on any atom is 0.307 e. The Labute approximate surface area is 122 Å². The first-order chi connectivity index (χ1) is 9.83. The van der Waals surface area contributed by atoms with Crippen molar-refractivity contribution in [2.45, 2.75) is 50.9 Å². The topological polar surface area (TPSA) is 57.6 Å². The highest BCUT2D eigenvalue weighted by molar-refractivity contribution is 5.79. The molecule has 1 saturated heterocycles. The summed E-state index contributed by atoms with van der Waals surface area (Å²) in [6, 6.07) is 0. The molecule has 1 amide bonds. The lowest BCUT2D eigenvalue weighted by atomic mass is 9.84. The average molecular weight is 301 g/mol. The number of hydrogen-bond donors (Lipinski definition) is 1. The molecule has 0 aromatic rings. The second-order valence-electron chi connectivity index (χ2n) is 6.91. The van der Waals surface area contributed by atoms with Crippen LogP contribution in [-0.2, 0) is 9.59 Å². The summed E-state index contributed by atoms with van der Waals surface area (Å²) in [6.45, 7) is 1.16. The Hall–Kier alpha value is -1.20. The van der Waals surface area contributed by atoms with Crippen LogP contribution in [0.15, 0.2) is 0 Å². The summed E-state index contributed by atoms with van der Waals surface area (Å²) >= 11 is 0. The number of rotatable bonds is 2. The average Bonchev–Trinajstić information content (AvgIpc) is 3.13. The Morgan fingerprint density at radius 1 is 1.05 bits per heavy atom. The van der Waals surface area contributed by atoms with Gasteiger partial charge in [-0.15, -0.1) is 0 Å². The molecule has 118 valence electrons. The van der Waals surface area contributed by atoms with Gasteiger partial charge in [-0.3, -0.25) is 9.59 Å². The van der Waals surface area contributed by atoms with Gasteiger partial charge >= 0.3 is 5.97 Å². The summed E-state index contributed by atoms with van der Waals surface area (Å²) in [6.07, 6.45) is 2.35. The van der Waals surface area contributed by atoms with E-state index in [0.717, 1.165) is 19.3 Å². The van der Waals surface area contributed by atoms with E-state index < -0.39 is 11.9 Å². The molecule has 3 aliphatic rings. The van der Waals surface area contributed by atoms with Gasteiger partial charge in [-0.1, -0.05) is 0 Å². The van der Waals surface area contributed by atoms with Crippen molar-refractivity contribution in [2.24, 2.45) is 17.3 Å². The van der Waals surface area contributed by atoms with E-state index in [9.17, 15) is 18.4 Å². The van der Waals surface area contributed by atoms with Crippen LogP contribution >= 0.6 is 0 Å². The molecule has 6 heteroatoms. The van der Waals surface area contributed by atoms with Crippen LogP contribution in [-0.4, -0.2) is 40.9 Å². The summed E-state index contributed by atoms with van der Waals surface area (Å²) in [5, 5.41) is 9.05. The van der Waals surface area contributed by atoms with E-state index >= 15 is 0 Å². The molecular formula is C15H21F2NO3. The Morgan fingerprint density at radius 2 is 1.62 bits per heavy atom. The lowest BCUT2D eigenvalue weighted by Gasteiger charge is -2.36. The molecule has 2 aliphatic carbocycles. The van der Waals surface area contributed by atoms with Crippen LogP contribution in [0, 0.1) is 17.3 Å². The fourth-order valence-electron chi connectivity index (χ4n) is 3.97. The van der Waals surface area contributed by atoms with E-state index in [2.05, 4.69) is 0 Å². The number of amides is 1. The van der Waals surface area contributed by atoms with Gasteiger partial charge in [-0.05, 0) is 37.5 Å². The molecule has 1 unspecified atom stereocenters. The zero-order valence-corrected chi connectivity index (χ0v) is 12.0. The van der Waals surface area contributed by atoms with Gasteiger partial charge in [0.1, 0.15) is 0 Å². The van der Waals surface area contributed by atoms with Gasteiger partial charge in [0, 0.05) is 31.8 Å². The van der Waals surface area contributed by atoms with Gasteiger partial charge in [0.2, 0.25) is 11.8 Å². The molecule has 2 saturated carbocycles. The van der Waals surface area contributed by atoms with E-state index in [-0.39, 0.29) is 48.8 Å². The zero-order chi connectivity index (χ0) is 15.3. The standard InChI is InChI=1S/C15H21F2NO3/c16-15(17)3-1-10(2-4-15)12(19)18-7-5-14(6-8-18)9-11(14)13(20)21/h10-11H,1-9H2,(H,20,21). The molecule has 3 fully saturated rings. The predicted molar refractivity (Wildman–Crippen MR) is 70.9 cm³/mol. The summed E-state index contributed by atoms with van der Waals surface area (Å²) in [5.41, 5.74) is -0.0950. The molecule has 3 rings (SSSR count). The SMILES string of the molecule is O=C(O)C1CC12CCN(C(=O)C1CCC(F)(F)CC1)CC2. The molecule has 21 heavy (non-hydrogen) atoms. The fraction of sp³-hybridized carbons (Fsp3) is 0.867. The smallest absolute Gasteiger partial charge is 0.307 e. The Morgan fingerprint density at radius 3 is 2.10 bits per heavy atom. The maximum atomic E-state index is 13.1. The third-order valence-electron chi connectivity index (χ3n) is 5.63. The quantitative estimate of drug-likeness (QED) is 0.852. The zero-order valence-electron chi connectivity index (χ0n) is 12.0. The Bertz CT molecular complexity index is 448. The highest BCUT2D eigenvalue weighted by Crippen LogP contribution is 2.59. The minimum atomic E-state index is -2.61. The molecule has 0 bridgehead atoms. The van der Waals surface area contributed by atoms with Gasteiger partial charge < -0.3 is 10.0 Å². The van der Waals surface area contributed by atoms with Crippen molar-refractivity contribution >= 4 is 11.9 Å². The van der Waals surface area contributed by atoms with Crippen LogP contribution in [0.1, 0.15) is 44.9 Å². The van der Waals surface area contributed by atoms with Crippen LogP contribution < -0.4 is 0 Å². The Kier molecular flexibility index (Phi) is 3.45. The van der Waals surface area contributed by atoms with Gasteiger partial charge in [0.15, 0.2) is 0 Å². The monoisotopic (exact) mass is 301 g/mol. The number of alkyl halides is 2. The molecule has 1 heterocycles. The van der Waals surface area contributed by atoms with Crippen LogP contribution in [0.3, 0.4) is 0 Å². The first-order valence-electron chi connectivity index (χ1n) is 7.72. The number of aliphatic carboxylic acids is 1. The third kappa shape index (κ3) is 2.77. The molecule has 1 N–H and O–H groups in total. The normalized spacial score (nSPS) is 31.1. The number of halogens is 2. The van der Waals surface area contributed by atoms with E-state index in [1.54, 1.807) is 4.90 Å². The fourth-order valence-corrected chi connectivity index (χ4v) is 3.97. The van der Waals surface area contributed by atoms with Crippen molar-refractivity contribution < 1.29 is 23.5 Å². The molecule has 1 spiro atoms. The molecular weight excluding hydrogens is 280 g/mol. The lowest BCUT2D eigenvalue weighted by molar-refractivity contribution is -0.142. The van der Waals surface area contributed by atoms with Crippen molar-refractivity contribution in [3.8, 4) is 0 Å². The van der Waals surface area contributed by atoms with E-state index in [0.29, 0.717) is 13.1 Å². The van der Waals surface area contributed by atoms with Crippen LogP contribution in [0.5, 0.6) is 0 Å². The lowest BCUT2D eigenvalue weighted by Crippen LogP contribution is -2.44. The van der Waals surface area contributed by atoms with Crippen molar-refractivity contribution in [3.05, 3.63) is 0 Å². The van der Waals surface area contributed by atoms with E-state index in [4.69, 9.17) is 5.11 Å². The van der Waals surface area contributed by atoms with Gasteiger partial charge in [-0.2, -0.15) is 0 Å². The second kappa shape index (κ2) is 4.92. The number of nitrogens with zero attached hydrogens (tertiary/aromatic N) is 1. The molecule has 1 atom stereocenters. The van der Waals surface area contributed by atoms with Crippen molar-refractivity contribution in [1.29, 1.82) is 0 Å². The van der Waals surface area contributed by atoms with Crippen LogP contribution in [0.4, 0.5) is 8.78 Å². The number of likely N-dealkylation sites (tertiary alicyclic amines) is 1. The van der Waals surface area contributed by atoms with Crippen molar-refractivity contribution in [2.75, 3.05) is 13.1 Å². The third-order valence-corrected chi connectivity index (χ3v) is 5.63. The predicted octanol–water partition coefficient (Wildman–Crippen LogP) is 2.53. The molecule has 0 aromatic heterocycles. The van der Waals surface area contributed by atoms with Gasteiger partial charge in [-0.25, -0.2) is 8.78 Å². The number of carboxylic acid groups (broad SMARTS) is 1. The highest BCUT2D eigenvalue weighted by atomic mass is 19.3. The summed E-state index contributed by atoms with van der Waals surface area (Å²) in [7, 11) is 0. The molecule has 0 radical (unpaired) electrons. The first kappa shape index (κ1) is 14.7. The van der Waals surface area contributed by atoms with E-state index in [1.165, 1.54) is 0 Å². The van der Waals surface area contributed by atoms with Gasteiger partial charge in [0.25, 0.3) is 0 Å². The number of hydrogen-bond acceptors (Lipinski definition) is 2. The number of carbonyl (C=O) groups is 2. The number of piperidine rings is 1. The summed E-state index contributed by atoms with van der Waals surface area (Å²) in [5.74, 6) is -3.86. The van der Waals surface area contributed by atoms with Crippen LogP contribution in [0.25, 0.3) is 0 Å². The maximum absolute atomic E-state index is 13.1. The van der Waals surface area contributed by atoms with Crippen LogP contribution in [0.2, 0.25) is 0 Å². The Balaban J connectivity index is 1.51. The van der Waals surface area contributed by atoms with Crippen molar-refractivity contribution in [3.63, 3.8) is 0 Å².